The van der Waals surface area contributed by atoms with Gasteiger partial charge in [0, 0.05) is 13.1 Å². The van der Waals surface area contributed by atoms with Crippen LogP contribution in [-0.2, 0) is 23.9 Å². The summed E-state index contributed by atoms with van der Waals surface area (Å²) in [6.45, 7) is 11.7. The van der Waals surface area contributed by atoms with Gasteiger partial charge in [-0.15, -0.1) is 0 Å². The van der Waals surface area contributed by atoms with E-state index in [4.69, 9.17) is 9.47 Å². The summed E-state index contributed by atoms with van der Waals surface area (Å²) in [7, 11) is 0. The van der Waals surface area contributed by atoms with Crippen LogP contribution >= 0.6 is 11.8 Å². The lowest BCUT2D eigenvalue weighted by atomic mass is 9.97. The summed E-state index contributed by atoms with van der Waals surface area (Å²) >= 11 is 1.57. The van der Waals surface area contributed by atoms with Gasteiger partial charge >= 0.3 is 12.1 Å². The Hall–Kier alpha value is -2.75. The van der Waals surface area contributed by atoms with Crippen LogP contribution < -0.4 is 10.6 Å². The Kier molecular flexibility index (Phi) is 15.6. The Morgan fingerprint density at radius 1 is 1.08 bits per heavy atom. The number of alkyl carbamates (subject to hydrolysis) is 1. The molecule has 1 aromatic rings. The number of unbranched alkanes of at least 4 members (excludes halogenated alkanes) is 2. The molecule has 220 valence electrons. The molecule has 1 rings (SSSR count). The number of nitrogens with one attached hydrogen (secondary N) is 2. The van der Waals surface area contributed by atoms with Crippen molar-refractivity contribution in [3.05, 3.63) is 35.4 Å². The first-order chi connectivity index (χ1) is 18.4. The van der Waals surface area contributed by atoms with E-state index in [1.165, 1.54) is 0 Å². The maximum Gasteiger partial charge on any atom is 0.408 e. The van der Waals surface area contributed by atoms with E-state index in [-0.39, 0.29) is 31.4 Å². The minimum absolute atomic E-state index is 0.0282. The number of thioether (sulfide) groups is 1. The Morgan fingerprint density at radius 3 is 2.36 bits per heavy atom. The second-order valence-electron chi connectivity index (χ2n) is 10.3. The van der Waals surface area contributed by atoms with Gasteiger partial charge in [0.2, 0.25) is 11.8 Å². The van der Waals surface area contributed by atoms with Crippen LogP contribution in [0.5, 0.6) is 0 Å². The summed E-state index contributed by atoms with van der Waals surface area (Å²) < 4.78 is 10.4. The number of esters is 1. The van der Waals surface area contributed by atoms with Crippen molar-refractivity contribution in [2.45, 2.75) is 91.3 Å². The molecule has 9 nitrogen and oxygen atoms in total. The van der Waals surface area contributed by atoms with Crippen molar-refractivity contribution in [2.24, 2.45) is 0 Å². The molecule has 1 aromatic carbocycles. The normalized spacial score (nSPS) is 12.7. The number of benzene rings is 1. The van der Waals surface area contributed by atoms with Gasteiger partial charge in [0.05, 0.1) is 13.0 Å². The molecule has 2 N–H and O–H groups in total. The summed E-state index contributed by atoms with van der Waals surface area (Å²) in [5.74, 6) is -0.505. The van der Waals surface area contributed by atoms with Crippen LogP contribution in [0.3, 0.4) is 0 Å². The lowest BCUT2D eigenvalue weighted by Crippen LogP contribution is -2.53. The summed E-state index contributed by atoms with van der Waals surface area (Å²) in [5.41, 5.74) is 0.828. The topological polar surface area (TPSA) is 114 Å². The zero-order valence-corrected chi connectivity index (χ0v) is 25.4. The second-order valence-corrected chi connectivity index (χ2v) is 11.3. The number of amides is 3. The quantitative estimate of drug-likeness (QED) is 0.219. The highest BCUT2D eigenvalue weighted by Crippen LogP contribution is 2.27. The van der Waals surface area contributed by atoms with Crippen molar-refractivity contribution in [3.8, 4) is 0 Å². The molecule has 3 amide bonds. The maximum absolute atomic E-state index is 14.1. The van der Waals surface area contributed by atoms with E-state index in [9.17, 15) is 19.2 Å². The van der Waals surface area contributed by atoms with E-state index in [2.05, 4.69) is 17.6 Å². The van der Waals surface area contributed by atoms with E-state index in [0.717, 1.165) is 18.4 Å². The first-order valence-electron chi connectivity index (χ1n) is 13.7. The van der Waals surface area contributed by atoms with Crippen molar-refractivity contribution in [3.63, 3.8) is 0 Å². The number of hydrogen-bond donors (Lipinski definition) is 2. The highest BCUT2D eigenvalue weighted by atomic mass is 32.2. The van der Waals surface area contributed by atoms with Gasteiger partial charge in [-0.05, 0) is 70.6 Å². The fourth-order valence-corrected chi connectivity index (χ4v) is 4.47. The first-order valence-corrected chi connectivity index (χ1v) is 15.1. The Labute approximate surface area is 238 Å². The third-order valence-corrected chi connectivity index (χ3v) is 6.51. The zero-order chi connectivity index (χ0) is 29.4. The third kappa shape index (κ3) is 12.8. The zero-order valence-electron chi connectivity index (χ0n) is 24.6. The van der Waals surface area contributed by atoms with Gasteiger partial charge in [0.15, 0.2) is 0 Å². The van der Waals surface area contributed by atoms with Crippen LogP contribution in [0.2, 0.25) is 0 Å². The van der Waals surface area contributed by atoms with E-state index in [0.29, 0.717) is 30.7 Å². The highest BCUT2D eigenvalue weighted by molar-refractivity contribution is 7.98. The maximum atomic E-state index is 14.1. The van der Waals surface area contributed by atoms with Crippen molar-refractivity contribution >= 4 is 35.6 Å². The van der Waals surface area contributed by atoms with Gasteiger partial charge in [0.25, 0.3) is 0 Å². The van der Waals surface area contributed by atoms with Crippen molar-refractivity contribution in [2.75, 3.05) is 31.7 Å². The monoisotopic (exact) mass is 565 g/mol. The largest absolute Gasteiger partial charge is 0.466 e. The summed E-state index contributed by atoms with van der Waals surface area (Å²) in [6.07, 6.45) is 4.18. The van der Waals surface area contributed by atoms with Crippen LogP contribution in [0.4, 0.5) is 4.79 Å². The fraction of sp³-hybridized carbons (Fsp3) is 0.655. The van der Waals surface area contributed by atoms with Gasteiger partial charge in [-0.3, -0.25) is 14.4 Å². The molecule has 10 heteroatoms. The summed E-state index contributed by atoms with van der Waals surface area (Å²) in [6, 6.07) is 5.64. The SMILES string of the molecule is CCCCCN(C(=O)C(CCSC)NC(=O)OC(C)(C)C)C(C(=O)NCCC(=O)OCC)c1ccccc1C. The molecule has 0 radical (unpaired) electrons. The average molecular weight is 566 g/mol. The lowest BCUT2D eigenvalue weighted by Gasteiger charge is -2.35. The molecule has 2 atom stereocenters. The molecule has 0 aliphatic rings. The van der Waals surface area contributed by atoms with Gasteiger partial charge in [-0.2, -0.15) is 11.8 Å². The number of ether oxygens (including phenoxy) is 2. The van der Waals surface area contributed by atoms with Gasteiger partial charge in [-0.1, -0.05) is 44.0 Å². The Morgan fingerprint density at radius 2 is 1.77 bits per heavy atom. The number of hydrogen-bond acceptors (Lipinski definition) is 7. The van der Waals surface area contributed by atoms with Crippen LogP contribution in [0.15, 0.2) is 24.3 Å². The van der Waals surface area contributed by atoms with Gasteiger partial charge < -0.3 is 25.0 Å². The number of aryl methyl sites for hydroxylation is 1. The molecule has 0 fully saturated rings. The van der Waals surface area contributed by atoms with E-state index in [1.807, 2.05) is 37.4 Å². The molecule has 0 bridgehead atoms. The van der Waals surface area contributed by atoms with Crippen LogP contribution in [0.1, 0.15) is 83.9 Å². The van der Waals surface area contributed by atoms with Crippen molar-refractivity contribution < 1.29 is 28.7 Å². The van der Waals surface area contributed by atoms with Crippen LogP contribution in [0.25, 0.3) is 0 Å². The molecule has 0 aliphatic carbocycles. The summed E-state index contributed by atoms with van der Waals surface area (Å²) in [4.78, 5) is 53.9. The van der Waals surface area contributed by atoms with Gasteiger partial charge in [0.1, 0.15) is 17.7 Å². The molecular formula is C29H47N3O6S. The minimum atomic E-state index is -0.935. The lowest BCUT2D eigenvalue weighted by molar-refractivity contribution is -0.144. The van der Waals surface area contributed by atoms with Gasteiger partial charge in [-0.25, -0.2) is 4.79 Å². The summed E-state index contributed by atoms with van der Waals surface area (Å²) in [5, 5.41) is 5.58. The smallest absolute Gasteiger partial charge is 0.408 e. The standard InChI is InChI=1S/C29H47N3O6S/c1-8-10-13-19-32(27(35)23(17-20-39-7)31-28(36)38-29(4,5)6)25(22-15-12-11-14-21(22)3)26(34)30-18-16-24(33)37-9-2/h11-12,14-15,23,25H,8-10,13,16-20H2,1-7H3,(H,30,34)(H,31,36). The molecule has 0 spiro atoms. The van der Waals surface area contributed by atoms with E-state index < -0.39 is 29.7 Å². The third-order valence-electron chi connectivity index (χ3n) is 5.86. The number of carbonyl (C=O) groups is 4. The predicted molar refractivity (Wildman–Crippen MR) is 156 cm³/mol. The molecule has 0 heterocycles. The highest BCUT2D eigenvalue weighted by Gasteiger charge is 2.36. The second kappa shape index (κ2) is 17.8. The first kappa shape index (κ1) is 34.3. The number of carbonyl (C=O) groups excluding carboxylic acids is 4. The molecule has 39 heavy (non-hydrogen) atoms. The Bertz CT molecular complexity index is 934. The van der Waals surface area contributed by atoms with Crippen molar-refractivity contribution in [1.29, 1.82) is 0 Å². The average Bonchev–Trinajstić information content (AvgIpc) is 2.85. The number of nitrogens with zero attached hydrogens (tertiary/aromatic N) is 1. The van der Waals surface area contributed by atoms with Crippen LogP contribution in [0, 0.1) is 6.92 Å². The molecule has 0 saturated carbocycles. The minimum Gasteiger partial charge on any atom is -0.466 e. The number of rotatable bonds is 16. The van der Waals surface area contributed by atoms with Crippen LogP contribution in [-0.4, -0.2) is 72.1 Å². The molecule has 2 unspecified atom stereocenters. The predicted octanol–water partition coefficient (Wildman–Crippen LogP) is 4.77. The van der Waals surface area contributed by atoms with Crippen molar-refractivity contribution in [1.82, 2.24) is 15.5 Å². The Balaban J connectivity index is 3.41. The fourth-order valence-electron chi connectivity index (χ4n) is 4.00. The molecule has 0 saturated heterocycles. The molecule has 0 aliphatic heterocycles. The molecular weight excluding hydrogens is 518 g/mol. The molecule has 0 aromatic heterocycles. The van der Waals surface area contributed by atoms with E-state index in [1.54, 1.807) is 44.4 Å². The van der Waals surface area contributed by atoms with E-state index >= 15 is 0 Å².